The molecule has 1 aliphatic heterocycles. The quantitative estimate of drug-likeness (QED) is 0.0795. The van der Waals surface area contributed by atoms with E-state index in [1.165, 1.54) is 43.2 Å². The zero-order valence-corrected chi connectivity index (χ0v) is 39.3. The molecule has 2 aromatic heterocycles. The fourth-order valence-corrected chi connectivity index (χ4v) is 10.4. The summed E-state index contributed by atoms with van der Waals surface area (Å²) in [6, 6.07) is 21.4. The van der Waals surface area contributed by atoms with Gasteiger partial charge in [0.15, 0.2) is 39.8 Å². The van der Waals surface area contributed by atoms with Gasteiger partial charge < -0.3 is 29.0 Å². The van der Waals surface area contributed by atoms with Gasteiger partial charge in [0, 0.05) is 32.5 Å². The van der Waals surface area contributed by atoms with Crippen LogP contribution in [-0.2, 0) is 24.7 Å². The number of imidazole rings is 1. The SMILES string of the molecule is COC[C@H]1O[C@@H](n2cnc3c(NCC(c4ccccc4)c4ccccc4)nc(CCNCC4CCCCC4)nc32)[C@H](O[Si](C)(C)C(C)(C)C)[C@@H]1O[Si](C)(C)C(C)(C)C. The molecule has 1 aliphatic carbocycles. The second-order valence-corrected chi connectivity index (χ2v) is 29.2. The van der Waals surface area contributed by atoms with Gasteiger partial charge in [0.2, 0.25) is 0 Å². The van der Waals surface area contributed by atoms with Gasteiger partial charge in [-0.15, -0.1) is 0 Å². The van der Waals surface area contributed by atoms with E-state index in [-0.39, 0.29) is 28.2 Å². The number of aromatic nitrogens is 4. The molecule has 58 heavy (non-hydrogen) atoms. The smallest absolute Gasteiger partial charge is 0.192 e. The summed E-state index contributed by atoms with van der Waals surface area (Å²) in [5, 5.41) is 7.49. The first-order valence-corrected chi connectivity index (χ1v) is 27.6. The van der Waals surface area contributed by atoms with E-state index in [0.29, 0.717) is 25.1 Å². The van der Waals surface area contributed by atoms with Gasteiger partial charge in [-0.2, -0.15) is 0 Å². The molecule has 2 aromatic carbocycles. The van der Waals surface area contributed by atoms with Gasteiger partial charge in [0.05, 0.1) is 12.9 Å². The van der Waals surface area contributed by atoms with Crippen molar-refractivity contribution in [2.24, 2.45) is 5.92 Å². The third-order valence-corrected chi connectivity index (χ3v) is 22.3. The molecule has 4 atom stereocenters. The summed E-state index contributed by atoms with van der Waals surface area (Å²) in [5.41, 5.74) is 3.93. The minimum absolute atomic E-state index is 0.00297. The van der Waals surface area contributed by atoms with Crippen molar-refractivity contribution in [1.29, 1.82) is 0 Å². The minimum Gasteiger partial charge on any atom is -0.408 e. The molecule has 0 spiro atoms. The molecular weight excluding hydrogens is 757 g/mol. The highest BCUT2D eigenvalue weighted by Crippen LogP contribution is 2.46. The van der Waals surface area contributed by atoms with Crippen LogP contribution in [0.2, 0.25) is 36.3 Å². The van der Waals surface area contributed by atoms with E-state index in [1.54, 1.807) is 7.11 Å². The Morgan fingerprint density at radius 3 is 1.97 bits per heavy atom. The number of hydrogen-bond donors (Lipinski definition) is 2. The Labute approximate surface area is 350 Å². The molecular formula is C46H72N6O4Si2. The molecule has 2 fully saturated rings. The Balaban J connectivity index is 1.39. The second-order valence-electron chi connectivity index (χ2n) is 19.7. The summed E-state index contributed by atoms with van der Waals surface area (Å²) < 4.78 is 29.7. The van der Waals surface area contributed by atoms with E-state index in [0.717, 1.165) is 36.3 Å². The number of rotatable bonds is 17. The summed E-state index contributed by atoms with van der Waals surface area (Å²) in [6.07, 6.45) is 7.64. The number of anilines is 1. The maximum Gasteiger partial charge on any atom is 0.192 e. The molecule has 1 saturated heterocycles. The monoisotopic (exact) mass is 829 g/mol. The van der Waals surface area contributed by atoms with Gasteiger partial charge in [-0.25, -0.2) is 15.0 Å². The number of benzene rings is 2. The maximum absolute atomic E-state index is 7.41. The Morgan fingerprint density at radius 2 is 1.40 bits per heavy atom. The van der Waals surface area contributed by atoms with Gasteiger partial charge in [-0.1, -0.05) is 121 Å². The Morgan fingerprint density at radius 1 is 0.810 bits per heavy atom. The van der Waals surface area contributed by atoms with E-state index < -0.39 is 29.0 Å². The van der Waals surface area contributed by atoms with Crippen molar-refractivity contribution >= 4 is 33.6 Å². The standard InChI is InChI=1S/C46H72N6O4Si2/c1-45(2,3)57(8,9)55-40-37(31-53-7)54-44(41(40)56-58(10,11)46(4,5)6)52-32-49-39-42(48-30-36(34-23-17-13-18-24-34)35-25-19-14-20-26-35)50-38(51-43(39)52)27-28-47-29-33-21-15-12-16-22-33/h13-14,17-20,23-26,32-33,36-37,40-41,44,47H,12,15-16,21-22,27-31H2,1-11H3,(H,48,50,51)/t37-,40-,41-,44-/m1/s1. The van der Waals surface area contributed by atoms with Crippen molar-refractivity contribution in [3.63, 3.8) is 0 Å². The van der Waals surface area contributed by atoms with Gasteiger partial charge in [0.25, 0.3) is 0 Å². The topological polar surface area (TPSA) is 105 Å². The van der Waals surface area contributed by atoms with Crippen molar-refractivity contribution in [2.75, 3.05) is 38.7 Å². The average Bonchev–Trinajstić information content (AvgIpc) is 3.74. The molecule has 0 unspecified atom stereocenters. The lowest BCUT2D eigenvalue weighted by Crippen LogP contribution is -2.54. The largest absolute Gasteiger partial charge is 0.408 e. The van der Waals surface area contributed by atoms with Gasteiger partial charge in [0.1, 0.15) is 24.1 Å². The molecule has 2 aliphatic rings. The first-order valence-electron chi connectivity index (χ1n) is 21.8. The van der Waals surface area contributed by atoms with Crippen molar-refractivity contribution in [2.45, 2.75) is 147 Å². The third kappa shape index (κ3) is 10.5. The van der Waals surface area contributed by atoms with Gasteiger partial charge in [-0.05, 0) is 72.7 Å². The van der Waals surface area contributed by atoms with Crippen molar-refractivity contribution < 1.29 is 18.3 Å². The Bertz CT molecular complexity index is 1850. The molecule has 4 aromatic rings. The van der Waals surface area contributed by atoms with E-state index in [4.69, 9.17) is 33.3 Å². The minimum atomic E-state index is -2.33. The zero-order valence-electron chi connectivity index (χ0n) is 37.3. The summed E-state index contributed by atoms with van der Waals surface area (Å²) in [4.78, 5) is 15.5. The molecule has 0 amide bonds. The fourth-order valence-electron chi connectivity index (χ4n) is 7.81. The lowest BCUT2D eigenvalue weighted by Gasteiger charge is -2.44. The van der Waals surface area contributed by atoms with Crippen LogP contribution in [0.3, 0.4) is 0 Å². The van der Waals surface area contributed by atoms with Gasteiger partial charge in [-0.3, -0.25) is 4.57 Å². The van der Waals surface area contributed by atoms with E-state index >= 15 is 0 Å². The number of ether oxygens (including phenoxy) is 2. The summed E-state index contributed by atoms with van der Waals surface area (Å²) in [5.74, 6) is 2.36. The molecule has 0 radical (unpaired) electrons. The fraction of sp³-hybridized carbons (Fsp3) is 0.630. The molecule has 3 heterocycles. The van der Waals surface area contributed by atoms with Crippen LogP contribution in [-0.4, -0.2) is 87.8 Å². The van der Waals surface area contributed by atoms with Crippen LogP contribution >= 0.6 is 0 Å². The Hall–Kier alpha value is -2.98. The molecule has 1 saturated carbocycles. The molecule has 6 rings (SSSR count). The molecule has 318 valence electrons. The van der Waals surface area contributed by atoms with Gasteiger partial charge >= 0.3 is 0 Å². The second kappa shape index (κ2) is 18.7. The number of fused-ring (bicyclic) bond motifs is 1. The van der Waals surface area contributed by atoms with Crippen molar-refractivity contribution in [3.8, 4) is 0 Å². The lowest BCUT2D eigenvalue weighted by atomic mass is 9.89. The van der Waals surface area contributed by atoms with Crippen molar-refractivity contribution in [1.82, 2.24) is 24.8 Å². The maximum atomic E-state index is 7.41. The highest BCUT2D eigenvalue weighted by atomic mass is 28.4. The van der Waals surface area contributed by atoms with Crippen LogP contribution in [0, 0.1) is 5.92 Å². The highest BCUT2D eigenvalue weighted by Gasteiger charge is 2.54. The predicted molar refractivity (Wildman–Crippen MR) is 242 cm³/mol. The van der Waals surface area contributed by atoms with Crippen LogP contribution in [0.25, 0.3) is 11.2 Å². The number of methoxy groups -OCH3 is 1. The molecule has 10 nitrogen and oxygen atoms in total. The number of nitrogens with one attached hydrogen (secondary N) is 2. The number of hydrogen-bond acceptors (Lipinski definition) is 9. The van der Waals surface area contributed by atoms with Crippen LogP contribution in [0.4, 0.5) is 5.82 Å². The molecule has 0 bridgehead atoms. The highest BCUT2D eigenvalue weighted by molar-refractivity contribution is 6.74. The van der Waals surface area contributed by atoms with E-state index in [2.05, 4.69) is 144 Å². The predicted octanol–water partition coefficient (Wildman–Crippen LogP) is 10.1. The average molecular weight is 829 g/mol. The lowest BCUT2D eigenvalue weighted by molar-refractivity contribution is -0.0562. The molecule has 2 N–H and O–H groups in total. The summed E-state index contributed by atoms with van der Waals surface area (Å²) in [6.45, 7) is 25.8. The van der Waals surface area contributed by atoms with E-state index in [1.807, 2.05) is 6.33 Å². The van der Waals surface area contributed by atoms with Crippen molar-refractivity contribution in [3.05, 3.63) is 83.9 Å². The number of nitrogens with zero attached hydrogens (tertiary/aromatic N) is 4. The van der Waals surface area contributed by atoms with E-state index in [9.17, 15) is 0 Å². The Kier molecular flexibility index (Phi) is 14.4. The molecule has 12 heteroatoms. The van der Waals surface area contributed by atoms with Crippen LogP contribution < -0.4 is 10.6 Å². The normalized spacial score (nSPS) is 21.3. The summed E-state index contributed by atoms with van der Waals surface area (Å²) in [7, 11) is -2.86. The van der Waals surface area contributed by atoms with Crippen LogP contribution in [0.1, 0.15) is 103 Å². The van der Waals surface area contributed by atoms with Crippen LogP contribution in [0.15, 0.2) is 67.0 Å². The third-order valence-electron chi connectivity index (χ3n) is 13.4. The first kappa shape index (κ1) is 44.6. The first-order chi connectivity index (χ1) is 27.5. The zero-order chi connectivity index (χ0) is 41.7. The van der Waals surface area contributed by atoms with Crippen LogP contribution in [0.5, 0.6) is 0 Å². The summed E-state index contributed by atoms with van der Waals surface area (Å²) >= 11 is 0.